The Morgan fingerprint density at radius 1 is 0.900 bits per heavy atom. The summed E-state index contributed by atoms with van der Waals surface area (Å²) < 4.78 is 13.5. The highest BCUT2D eigenvalue weighted by atomic mass is 19.1. The van der Waals surface area contributed by atoms with Gasteiger partial charge >= 0.3 is 0 Å². The highest BCUT2D eigenvalue weighted by Crippen LogP contribution is 2.47. The maximum atomic E-state index is 13.5. The lowest BCUT2D eigenvalue weighted by molar-refractivity contribution is 0.296. The van der Waals surface area contributed by atoms with Gasteiger partial charge in [-0.2, -0.15) is 0 Å². The van der Waals surface area contributed by atoms with Crippen LogP contribution in [0.2, 0.25) is 0 Å². The largest absolute Gasteiger partial charge is 0.256 e. The Balaban J connectivity index is 1.63. The highest BCUT2D eigenvalue weighted by molar-refractivity contribution is 5.82. The van der Waals surface area contributed by atoms with Crippen molar-refractivity contribution in [3.05, 3.63) is 41.8 Å². The fraction of sp³-hybridized carbons (Fsp3) is 0.500. The van der Waals surface area contributed by atoms with Crippen LogP contribution in [0.4, 0.5) is 4.39 Å². The smallest absolute Gasteiger partial charge is 0.123 e. The first kappa shape index (κ1) is 12.3. The molecule has 1 aromatic heterocycles. The first-order chi connectivity index (χ1) is 9.81. The van der Waals surface area contributed by atoms with E-state index in [0.717, 1.165) is 22.7 Å². The summed E-state index contributed by atoms with van der Waals surface area (Å²) in [5, 5.41) is 1.02. The number of nitrogens with zero attached hydrogens (tertiary/aromatic N) is 1. The van der Waals surface area contributed by atoms with Gasteiger partial charge in [0.15, 0.2) is 0 Å². The molecule has 0 aliphatic heterocycles. The molecule has 2 aliphatic carbocycles. The second kappa shape index (κ2) is 4.83. The molecule has 1 aromatic carbocycles. The van der Waals surface area contributed by atoms with Crippen molar-refractivity contribution in [3.8, 4) is 0 Å². The number of halogens is 1. The van der Waals surface area contributed by atoms with E-state index in [1.165, 1.54) is 50.2 Å². The minimum Gasteiger partial charge on any atom is -0.256 e. The molecule has 0 bridgehead atoms. The van der Waals surface area contributed by atoms with Crippen molar-refractivity contribution in [2.24, 2.45) is 11.8 Å². The molecule has 0 radical (unpaired) electrons. The van der Waals surface area contributed by atoms with E-state index in [2.05, 4.69) is 11.1 Å². The molecule has 0 amide bonds. The average Bonchev–Trinajstić information content (AvgIpc) is 3.31. The van der Waals surface area contributed by atoms with Gasteiger partial charge in [0.05, 0.1) is 5.52 Å². The zero-order chi connectivity index (χ0) is 13.5. The van der Waals surface area contributed by atoms with Crippen LogP contribution in [0.25, 0.3) is 10.9 Å². The molecule has 1 nitrogen and oxygen atoms in total. The molecule has 2 heteroatoms. The summed E-state index contributed by atoms with van der Waals surface area (Å²) in [5.74, 6) is 2.44. The minimum absolute atomic E-state index is 0.154. The standard InChI is InChI=1S/C18H20FN/c19-15-7-8-18-17(11-15)16(9-10-20-18)14-5-3-13(4-6-14)12-1-2-12/h7-14H,1-6H2. The number of rotatable bonds is 2. The number of aromatic nitrogens is 1. The van der Waals surface area contributed by atoms with Gasteiger partial charge in [0.25, 0.3) is 0 Å². The van der Waals surface area contributed by atoms with Gasteiger partial charge in [0.1, 0.15) is 5.82 Å². The second-order valence-electron chi connectivity index (χ2n) is 6.51. The summed E-state index contributed by atoms with van der Waals surface area (Å²) >= 11 is 0. The molecule has 2 aromatic rings. The lowest BCUT2D eigenvalue weighted by atomic mass is 9.76. The number of hydrogen-bond acceptors (Lipinski definition) is 1. The zero-order valence-electron chi connectivity index (χ0n) is 11.7. The van der Waals surface area contributed by atoms with Gasteiger partial charge in [-0.25, -0.2) is 4.39 Å². The summed E-state index contributed by atoms with van der Waals surface area (Å²) in [4.78, 5) is 4.36. The van der Waals surface area contributed by atoms with E-state index in [-0.39, 0.29) is 5.82 Å². The summed E-state index contributed by atoms with van der Waals surface area (Å²) in [6.45, 7) is 0. The Bertz CT molecular complexity index is 624. The number of benzene rings is 1. The topological polar surface area (TPSA) is 12.9 Å². The van der Waals surface area contributed by atoms with Gasteiger partial charge in [0.2, 0.25) is 0 Å². The first-order valence-corrected chi connectivity index (χ1v) is 7.85. The fourth-order valence-corrected chi connectivity index (χ4v) is 3.96. The predicted octanol–water partition coefficient (Wildman–Crippen LogP) is 5.06. The molecule has 20 heavy (non-hydrogen) atoms. The quantitative estimate of drug-likeness (QED) is 0.742. The molecule has 1 heterocycles. The van der Waals surface area contributed by atoms with Crippen molar-refractivity contribution in [3.63, 3.8) is 0 Å². The SMILES string of the molecule is Fc1ccc2nccc(C3CCC(C4CC4)CC3)c2c1. The van der Waals surface area contributed by atoms with E-state index in [0.29, 0.717) is 5.92 Å². The van der Waals surface area contributed by atoms with Gasteiger partial charge in [-0.3, -0.25) is 4.98 Å². The van der Waals surface area contributed by atoms with E-state index in [1.807, 2.05) is 6.20 Å². The van der Waals surface area contributed by atoms with Gasteiger partial charge in [-0.05, 0) is 86.1 Å². The number of hydrogen-bond donors (Lipinski definition) is 0. The zero-order valence-corrected chi connectivity index (χ0v) is 11.7. The average molecular weight is 269 g/mol. The van der Waals surface area contributed by atoms with E-state index in [9.17, 15) is 4.39 Å². The van der Waals surface area contributed by atoms with Crippen molar-refractivity contribution >= 4 is 10.9 Å². The van der Waals surface area contributed by atoms with Crippen molar-refractivity contribution < 1.29 is 4.39 Å². The monoisotopic (exact) mass is 269 g/mol. The minimum atomic E-state index is -0.154. The first-order valence-electron chi connectivity index (χ1n) is 7.85. The molecule has 0 spiro atoms. The number of fused-ring (bicyclic) bond motifs is 1. The van der Waals surface area contributed by atoms with Gasteiger partial charge in [0, 0.05) is 11.6 Å². The third-order valence-electron chi connectivity index (χ3n) is 5.24. The van der Waals surface area contributed by atoms with Crippen molar-refractivity contribution in [1.82, 2.24) is 4.98 Å². The molecule has 0 atom stereocenters. The van der Waals surface area contributed by atoms with Crippen LogP contribution in [0, 0.1) is 17.7 Å². The van der Waals surface area contributed by atoms with E-state index in [4.69, 9.17) is 0 Å². The third-order valence-corrected chi connectivity index (χ3v) is 5.24. The Morgan fingerprint density at radius 3 is 2.30 bits per heavy atom. The summed E-state index contributed by atoms with van der Waals surface area (Å²) in [5.41, 5.74) is 2.23. The van der Waals surface area contributed by atoms with E-state index < -0.39 is 0 Å². The second-order valence-corrected chi connectivity index (χ2v) is 6.51. The van der Waals surface area contributed by atoms with Crippen LogP contribution in [-0.2, 0) is 0 Å². The van der Waals surface area contributed by atoms with E-state index >= 15 is 0 Å². The lowest BCUT2D eigenvalue weighted by Crippen LogP contribution is -2.15. The Hall–Kier alpha value is -1.44. The molecule has 0 saturated heterocycles. The Morgan fingerprint density at radius 2 is 1.60 bits per heavy atom. The molecule has 2 fully saturated rings. The van der Waals surface area contributed by atoms with Crippen LogP contribution in [0.3, 0.4) is 0 Å². The van der Waals surface area contributed by atoms with Crippen LogP contribution in [0.15, 0.2) is 30.5 Å². The van der Waals surface area contributed by atoms with Gasteiger partial charge in [-0.15, -0.1) is 0 Å². The van der Waals surface area contributed by atoms with Crippen molar-refractivity contribution in [1.29, 1.82) is 0 Å². The lowest BCUT2D eigenvalue weighted by Gasteiger charge is -2.29. The fourth-order valence-electron chi connectivity index (χ4n) is 3.96. The van der Waals surface area contributed by atoms with Gasteiger partial charge in [-0.1, -0.05) is 0 Å². The molecule has 2 saturated carbocycles. The Kier molecular flexibility index (Phi) is 2.98. The van der Waals surface area contributed by atoms with Gasteiger partial charge < -0.3 is 0 Å². The highest BCUT2D eigenvalue weighted by Gasteiger charge is 2.34. The van der Waals surface area contributed by atoms with Crippen LogP contribution in [-0.4, -0.2) is 4.98 Å². The molecule has 0 N–H and O–H groups in total. The third kappa shape index (κ3) is 2.21. The maximum absolute atomic E-state index is 13.5. The number of pyridine rings is 1. The molecule has 2 aliphatic rings. The van der Waals surface area contributed by atoms with Crippen LogP contribution < -0.4 is 0 Å². The summed E-state index contributed by atoms with van der Waals surface area (Å²) in [6, 6.07) is 7.06. The molecule has 104 valence electrons. The Labute approximate surface area is 119 Å². The van der Waals surface area contributed by atoms with Crippen molar-refractivity contribution in [2.75, 3.05) is 0 Å². The molecular formula is C18H20FN. The summed E-state index contributed by atoms with van der Waals surface area (Å²) in [6.07, 6.45) is 10.0. The predicted molar refractivity (Wildman–Crippen MR) is 79.1 cm³/mol. The summed E-state index contributed by atoms with van der Waals surface area (Å²) in [7, 11) is 0. The van der Waals surface area contributed by atoms with Crippen LogP contribution in [0.1, 0.15) is 50.0 Å². The van der Waals surface area contributed by atoms with Crippen LogP contribution >= 0.6 is 0 Å². The normalized spacial score (nSPS) is 26.9. The van der Waals surface area contributed by atoms with E-state index in [1.54, 1.807) is 12.1 Å². The molecule has 0 unspecified atom stereocenters. The molecular weight excluding hydrogens is 249 g/mol. The van der Waals surface area contributed by atoms with Crippen LogP contribution in [0.5, 0.6) is 0 Å². The molecule has 4 rings (SSSR count). The maximum Gasteiger partial charge on any atom is 0.123 e. The van der Waals surface area contributed by atoms with Crippen molar-refractivity contribution in [2.45, 2.75) is 44.4 Å².